The van der Waals surface area contributed by atoms with Gasteiger partial charge in [-0.25, -0.2) is 4.79 Å². The molecule has 0 spiro atoms. The molecule has 16 heavy (non-hydrogen) atoms. The number of nitrogens with one attached hydrogen (secondary N) is 1. The Balaban J connectivity index is 2.12. The van der Waals surface area contributed by atoms with Crippen molar-refractivity contribution >= 4 is 6.03 Å². The molecule has 1 N–H and O–H groups in total. The number of urea groups is 1. The average molecular weight is 225 g/mol. The van der Waals surface area contributed by atoms with Crippen LogP contribution in [0, 0.1) is 5.92 Å². The normalized spacial score (nSPS) is 16.7. The van der Waals surface area contributed by atoms with E-state index in [1.54, 1.807) is 0 Å². The van der Waals surface area contributed by atoms with E-state index < -0.39 is 0 Å². The molecule has 90 valence electrons. The van der Waals surface area contributed by atoms with Crippen molar-refractivity contribution in [2.45, 2.75) is 26.2 Å². The summed E-state index contributed by atoms with van der Waals surface area (Å²) in [5, 5.41) is 6.24. The molecule has 6 nitrogen and oxygen atoms in total. The zero-order valence-electron chi connectivity index (χ0n) is 9.72. The van der Waals surface area contributed by atoms with Crippen molar-refractivity contribution < 1.29 is 4.79 Å². The van der Waals surface area contributed by atoms with Crippen LogP contribution in [0.5, 0.6) is 0 Å². The van der Waals surface area contributed by atoms with Crippen molar-refractivity contribution in [2.75, 3.05) is 26.2 Å². The molecule has 2 amide bonds. The summed E-state index contributed by atoms with van der Waals surface area (Å²) < 4.78 is 0. The standard InChI is InChI=1S/C10H19N5O/c1-9-3-7-15(8-4-9)10(16)12-5-2-6-13-14-11/h9H,2-8H2,1H3,(H,12,16). The average Bonchev–Trinajstić information content (AvgIpc) is 2.29. The van der Waals surface area contributed by atoms with Gasteiger partial charge in [-0.3, -0.25) is 0 Å². The van der Waals surface area contributed by atoms with Crippen LogP contribution in [0.25, 0.3) is 10.4 Å². The fourth-order valence-electron chi connectivity index (χ4n) is 1.71. The molecule has 1 heterocycles. The van der Waals surface area contributed by atoms with E-state index in [4.69, 9.17) is 5.53 Å². The van der Waals surface area contributed by atoms with Crippen LogP contribution in [0.3, 0.4) is 0 Å². The lowest BCUT2D eigenvalue weighted by Gasteiger charge is -2.30. The summed E-state index contributed by atoms with van der Waals surface area (Å²) in [4.78, 5) is 16.2. The third kappa shape index (κ3) is 4.40. The van der Waals surface area contributed by atoms with E-state index in [0.29, 0.717) is 19.5 Å². The lowest BCUT2D eigenvalue weighted by atomic mass is 10.00. The fourth-order valence-corrected chi connectivity index (χ4v) is 1.71. The van der Waals surface area contributed by atoms with Crippen LogP contribution in [0.1, 0.15) is 26.2 Å². The van der Waals surface area contributed by atoms with Gasteiger partial charge >= 0.3 is 6.03 Å². The molecular weight excluding hydrogens is 206 g/mol. The van der Waals surface area contributed by atoms with Gasteiger partial charge in [0.05, 0.1) is 0 Å². The third-order valence-electron chi connectivity index (χ3n) is 2.85. The number of hydrogen-bond acceptors (Lipinski definition) is 2. The number of nitrogens with zero attached hydrogens (tertiary/aromatic N) is 4. The summed E-state index contributed by atoms with van der Waals surface area (Å²) in [6.45, 7) is 4.93. The maximum absolute atomic E-state index is 11.6. The molecule has 1 rings (SSSR count). The van der Waals surface area contributed by atoms with Gasteiger partial charge in [-0.05, 0) is 30.7 Å². The molecule has 0 aromatic rings. The summed E-state index contributed by atoms with van der Waals surface area (Å²) in [6, 6.07) is 0.00726. The first-order valence-electron chi connectivity index (χ1n) is 5.77. The maximum Gasteiger partial charge on any atom is 0.317 e. The van der Waals surface area contributed by atoms with Crippen LogP contribution in [0.2, 0.25) is 0 Å². The third-order valence-corrected chi connectivity index (χ3v) is 2.85. The van der Waals surface area contributed by atoms with Crippen molar-refractivity contribution in [3.05, 3.63) is 10.4 Å². The van der Waals surface area contributed by atoms with E-state index in [9.17, 15) is 4.79 Å². The molecule has 0 aliphatic carbocycles. The number of carbonyl (C=O) groups is 1. The first-order valence-corrected chi connectivity index (χ1v) is 5.77. The van der Waals surface area contributed by atoms with Crippen molar-refractivity contribution in [3.8, 4) is 0 Å². The Hall–Kier alpha value is -1.42. The van der Waals surface area contributed by atoms with Crippen molar-refractivity contribution in [1.82, 2.24) is 10.2 Å². The van der Waals surface area contributed by atoms with E-state index >= 15 is 0 Å². The molecule has 1 fully saturated rings. The topological polar surface area (TPSA) is 81.1 Å². The number of azide groups is 1. The Bertz CT molecular complexity index is 266. The molecule has 0 unspecified atom stereocenters. The van der Waals surface area contributed by atoms with Crippen LogP contribution in [-0.4, -0.2) is 37.1 Å². The Kier molecular flexibility index (Phi) is 5.50. The highest BCUT2D eigenvalue weighted by atomic mass is 16.2. The number of rotatable bonds is 4. The second kappa shape index (κ2) is 6.95. The highest BCUT2D eigenvalue weighted by Gasteiger charge is 2.19. The smallest absolute Gasteiger partial charge is 0.317 e. The Labute approximate surface area is 95.6 Å². The van der Waals surface area contributed by atoms with Crippen LogP contribution >= 0.6 is 0 Å². The monoisotopic (exact) mass is 225 g/mol. The first kappa shape index (κ1) is 12.6. The lowest BCUT2D eigenvalue weighted by molar-refractivity contribution is 0.174. The zero-order chi connectivity index (χ0) is 11.8. The molecular formula is C10H19N5O. The summed E-state index contributed by atoms with van der Waals surface area (Å²) in [5.74, 6) is 0.731. The summed E-state index contributed by atoms with van der Waals surface area (Å²) in [6.07, 6.45) is 2.87. The quantitative estimate of drug-likeness (QED) is 0.338. The predicted molar refractivity (Wildman–Crippen MR) is 62.0 cm³/mol. The van der Waals surface area contributed by atoms with Gasteiger partial charge in [-0.2, -0.15) is 0 Å². The molecule has 0 aromatic heterocycles. The van der Waals surface area contributed by atoms with Gasteiger partial charge in [-0.1, -0.05) is 12.0 Å². The van der Waals surface area contributed by atoms with Crippen LogP contribution in [-0.2, 0) is 0 Å². The second-order valence-electron chi connectivity index (χ2n) is 4.21. The van der Waals surface area contributed by atoms with E-state index in [0.717, 1.165) is 31.8 Å². The first-order chi connectivity index (χ1) is 7.74. The number of carbonyl (C=O) groups excluding carboxylic acids is 1. The molecule has 0 bridgehead atoms. The van der Waals surface area contributed by atoms with Gasteiger partial charge in [-0.15, -0.1) is 0 Å². The number of amides is 2. The molecule has 1 aliphatic heterocycles. The minimum atomic E-state index is 0.00726. The molecule has 0 aromatic carbocycles. The largest absolute Gasteiger partial charge is 0.338 e. The molecule has 0 saturated carbocycles. The number of hydrogen-bond donors (Lipinski definition) is 1. The van der Waals surface area contributed by atoms with Crippen LogP contribution < -0.4 is 5.32 Å². The number of piperidine rings is 1. The minimum Gasteiger partial charge on any atom is -0.338 e. The van der Waals surface area contributed by atoms with Gasteiger partial charge in [0.1, 0.15) is 0 Å². The van der Waals surface area contributed by atoms with Crippen molar-refractivity contribution in [3.63, 3.8) is 0 Å². The maximum atomic E-state index is 11.6. The van der Waals surface area contributed by atoms with Gasteiger partial charge in [0.2, 0.25) is 0 Å². The van der Waals surface area contributed by atoms with Gasteiger partial charge in [0.25, 0.3) is 0 Å². The van der Waals surface area contributed by atoms with Gasteiger partial charge < -0.3 is 10.2 Å². The zero-order valence-corrected chi connectivity index (χ0v) is 9.72. The second-order valence-corrected chi connectivity index (χ2v) is 4.21. The molecule has 1 aliphatic rings. The summed E-state index contributed by atoms with van der Waals surface area (Å²) in [7, 11) is 0. The van der Waals surface area contributed by atoms with E-state index in [-0.39, 0.29) is 6.03 Å². The Morgan fingerprint density at radius 3 is 2.88 bits per heavy atom. The fraction of sp³-hybridized carbons (Fsp3) is 0.900. The molecule has 6 heteroatoms. The Morgan fingerprint density at radius 1 is 1.56 bits per heavy atom. The van der Waals surface area contributed by atoms with E-state index in [1.807, 2.05) is 4.90 Å². The highest BCUT2D eigenvalue weighted by Crippen LogP contribution is 2.15. The highest BCUT2D eigenvalue weighted by molar-refractivity contribution is 5.74. The molecule has 0 radical (unpaired) electrons. The van der Waals surface area contributed by atoms with Crippen molar-refractivity contribution in [1.29, 1.82) is 0 Å². The lowest BCUT2D eigenvalue weighted by Crippen LogP contribution is -2.44. The van der Waals surface area contributed by atoms with Crippen molar-refractivity contribution in [2.24, 2.45) is 11.0 Å². The van der Waals surface area contributed by atoms with Gasteiger partial charge in [0.15, 0.2) is 0 Å². The van der Waals surface area contributed by atoms with Crippen LogP contribution in [0.15, 0.2) is 5.11 Å². The van der Waals surface area contributed by atoms with Crippen LogP contribution in [0.4, 0.5) is 4.79 Å². The summed E-state index contributed by atoms with van der Waals surface area (Å²) >= 11 is 0. The minimum absolute atomic E-state index is 0.00726. The van der Waals surface area contributed by atoms with Gasteiger partial charge in [0, 0.05) is 31.1 Å². The SMILES string of the molecule is CC1CCN(C(=O)NCCCN=[N+]=[N-])CC1. The molecule has 0 atom stereocenters. The number of likely N-dealkylation sites (tertiary alicyclic amines) is 1. The molecule has 1 saturated heterocycles. The van der Waals surface area contributed by atoms with E-state index in [1.165, 1.54) is 0 Å². The summed E-state index contributed by atoms with van der Waals surface area (Å²) in [5.41, 5.74) is 8.07. The predicted octanol–water partition coefficient (Wildman–Crippen LogP) is 2.13. The Morgan fingerprint density at radius 2 is 2.25 bits per heavy atom. The van der Waals surface area contributed by atoms with E-state index in [2.05, 4.69) is 22.3 Å².